The third-order valence-corrected chi connectivity index (χ3v) is 17.3. The van der Waals surface area contributed by atoms with Crippen LogP contribution in [0.5, 0.6) is 0 Å². The van der Waals surface area contributed by atoms with Crippen LogP contribution < -0.4 is 0 Å². The number of hydrogen-bond acceptors (Lipinski definition) is 3. The summed E-state index contributed by atoms with van der Waals surface area (Å²) in [5, 5.41) is 0. The van der Waals surface area contributed by atoms with E-state index in [2.05, 4.69) is 99.8 Å². The zero-order valence-corrected chi connectivity index (χ0v) is 35.6. The lowest BCUT2D eigenvalue weighted by molar-refractivity contribution is -0.122. The van der Waals surface area contributed by atoms with Crippen LogP contribution in [0.2, 0.25) is 17.5 Å². The highest BCUT2D eigenvalue weighted by Crippen LogP contribution is 2.65. The molecule has 0 N–H and O–H groups in total. The second kappa shape index (κ2) is 13.6. The number of hydrogen-bond donors (Lipinski definition) is 0. The van der Waals surface area contributed by atoms with Crippen molar-refractivity contribution in [3.63, 3.8) is 0 Å². The molecule has 0 aromatic carbocycles. The fourth-order valence-corrected chi connectivity index (χ4v) is 14.5. The van der Waals surface area contributed by atoms with Gasteiger partial charge in [-0.2, -0.15) is 0 Å². The Bertz CT molecular complexity index is 1070. The van der Waals surface area contributed by atoms with E-state index in [-0.39, 0.29) is 5.41 Å². The Labute approximate surface area is 312 Å². The van der Waals surface area contributed by atoms with E-state index in [4.69, 9.17) is 4.74 Å². The quantitative estimate of drug-likeness (QED) is 0.268. The average Bonchev–Trinajstić information content (AvgIpc) is 3.02. The van der Waals surface area contributed by atoms with E-state index < -0.39 is 0 Å². The van der Waals surface area contributed by atoms with E-state index >= 15 is 0 Å². The van der Waals surface area contributed by atoms with E-state index in [9.17, 15) is 0 Å². The highest BCUT2D eigenvalue weighted by atomic mass is 16.5. The highest BCUT2D eigenvalue weighted by Gasteiger charge is 2.66. The Morgan fingerprint density at radius 1 is 0.460 bits per heavy atom. The van der Waals surface area contributed by atoms with Crippen molar-refractivity contribution in [1.29, 1.82) is 0 Å². The molecule has 4 aliphatic carbocycles. The first-order valence-electron chi connectivity index (χ1n) is 22.4. The number of ether oxygens (including phenoxy) is 1. The molecule has 3 heterocycles. The minimum absolute atomic E-state index is 0.241. The minimum Gasteiger partial charge on any atom is -0.376 e. The molecule has 3 saturated heterocycles. The Balaban J connectivity index is 1.29. The first-order chi connectivity index (χ1) is 23.2. The molecule has 0 aromatic rings. The van der Waals surface area contributed by atoms with E-state index in [1.807, 2.05) is 0 Å². The maximum Gasteiger partial charge on any atom is 0.156 e. The Hall–Kier alpha value is -0.0551. The normalized spacial score (nSPS) is 45.4. The van der Waals surface area contributed by atoms with Crippen molar-refractivity contribution < 1.29 is 4.74 Å². The molecule has 12 atom stereocenters. The van der Waals surface area contributed by atoms with Gasteiger partial charge < -0.3 is 4.74 Å². The van der Waals surface area contributed by atoms with Gasteiger partial charge in [-0.15, -0.1) is 0 Å². The van der Waals surface area contributed by atoms with E-state index in [0.29, 0.717) is 28.4 Å². The van der Waals surface area contributed by atoms with Crippen LogP contribution in [-0.2, 0) is 4.74 Å². The van der Waals surface area contributed by atoms with Crippen LogP contribution in [0.25, 0.3) is 0 Å². The summed E-state index contributed by atoms with van der Waals surface area (Å²) in [6.07, 6.45) is 20.5. The summed E-state index contributed by atoms with van der Waals surface area (Å²) < 4.78 is 6.90. The molecule has 0 amide bonds. The van der Waals surface area contributed by atoms with Crippen molar-refractivity contribution in [3.8, 4) is 0 Å². The monoisotopic (exact) mass is 691 g/mol. The Morgan fingerprint density at radius 3 is 1.32 bits per heavy atom. The number of nitrogens with zero attached hydrogens (tertiary/aromatic N) is 2. The van der Waals surface area contributed by atoms with Gasteiger partial charge in [-0.3, -0.25) is 9.80 Å². The maximum atomic E-state index is 6.90. The van der Waals surface area contributed by atoms with Crippen LogP contribution in [0, 0.1) is 45.3 Å². The summed E-state index contributed by atoms with van der Waals surface area (Å²) >= 11 is 0. The van der Waals surface area contributed by atoms with Crippen molar-refractivity contribution in [2.24, 2.45) is 45.3 Å². The van der Waals surface area contributed by atoms with Gasteiger partial charge in [-0.05, 0) is 140 Å². The first-order valence-corrected chi connectivity index (χ1v) is 22.4. The average molecular weight is 691 g/mol. The van der Waals surface area contributed by atoms with Crippen LogP contribution in [0.15, 0.2) is 0 Å². The van der Waals surface area contributed by atoms with Crippen molar-refractivity contribution >= 4 is 6.71 Å². The van der Waals surface area contributed by atoms with Crippen molar-refractivity contribution in [1.82, 2.24) is 9.80 Å². The fourth-order valence-electron chi connectivity index (χ4n) is 14.5. The summed E-state index contributed by atoms with van der Waals surface area (Å²) in [5.74, 6) is 6.08. The molecule has 4 saturated carbocycles. The van der Waals surface area contributed by atoms with Crippen molar-refractivity contribution in [2.75, 3.05) is 6.61 Å². The SMILES string of the molecule is CC1CC2C3B(C4CC(C(C)(C)C)CCC4N2C2CCC(C(C)(C)C)CC2)C2CC(C(C)(C)C)CCC2N(C2CCC(C(C)(C)C)OC2)C3C1. The predicted octanol–water partition coefficient (Wildman–Crippen LogP) is 12.0. The smallest absolute Gasteiger partial charge is 0.156 e. The summed E-state index contributed by atoms with van der Waals surface area (Å²) in [6, 6.07) is 4.58. The molecule has 12 unspecified atom stereocenters. The lowest BCUT2D eigenvalue weighted by atomic mass is 9.17. The molecule has 7 aliphatic rings. The standard InChI is InChI=1S/C46H83BN2O/c1-29-24-39-42-40(25-29)49(34-20-23-41(50-28-34)46(11,12)13)38-22-17-32(45(8,9)10)27-36(38)47(42)35-26-31(44(5,6)7)16-21-37(35)48(39)33-18-14-30(15-19-33)43(2,3)4/h29-42H,14-28H2,1-13H3. The van der Waals surface area contributed by atoms with Crippen molar-refractivity contribution in [2.45, 2.75) is 240 Å². The predicted molar refractivity (Wildman–Crippen MR) is 215 cm³/mol. The van der Waals surface area contributed by atoms with Gasteiger partial charge in [0.2, 0.25) is 0 Å². The summed E-state index contributed by atoms with van der Waals surface area (Å²) in [6.45, 7) is 34.8. The molecule has 3 nitrogen and oxygen atoms in total. The second-order valence-corrected chi connectivity index (χ2v) is 24.3. The molecule has 0 radical (unpaired) electrons. The van der Waals surface area contributed by atoms with Crippen LogP contribution in [0.4, 0.5) is 0 Å². The number of fused-ring (bicyclic) bond motifs is 4. The molecule has 4 heteroatoms. The molecule has 0 bridgehead atoms. The summed E-state index contributed by atoms with van der Waals surface area (Å²) in [7, 11) is 0. The topological polar surface area (TPSA) is 15.7 Å². The zero-order valence-electron chi connectivity index (χ0n) is 35.6. The van der Waals surface area contributed by atoms with Gasteiger partial charge in [0.15, 0.2) is 6.71 Å². The number of rotatable bonds is 2. The van der Waals surface area contributed by atoms with E-state index in [1.54, 1.807) is 0 Å². The lowest BCUT2D eigenvalue weighted by Gasteiger charge is -2.70. The third-order valence-electron chi connectivity index (χ3n) is 17.3. The molecular weight excluding hydrogens is 607 g/mol. The fraction of sp³-hybridized carbons (Fsp3) is 1.00. The van der Waals surface area contributed by atoms with Gasteiger partial charge in [0.05, 0.1) is 12.7 Å². The van der Waals surface area contributed by atoms with Crippen molar-refractivity contribution in [3.05, 3.63) is 0 Å². The van der Waals surface area contributed by atoms with Crippen LogP contribution in [0.1, 0.15) is 180 Å². The van der Waals surface area contributed by atoms with Gasteiger partial charge in [0, 0.05) is 36.3 Å². The van der Waals surface area contributed by atoms with Gasteiger partial charge >= 0.3 is 0 Å². The van der Waals surface area contributed by atoms with Gasteiger partial charge in [-0.1, -0.05) is 103 Å². The minimum atomic E-state index is 0.241. The summed E-state index contributed by atoms with van der Waals surface area (Å²) in [5.41, 5.74) is 1.52. The Kier molecular flexibility index (Phi) is 10.4. The second-order valence-electron chi connectivity index (χ2n) is 24.3. The largest absolute Gasteiger partial charge is 0.376 e. The van der Waals surface area contributed by atoms with Gasteiger partial charge in [0.25, 0.3) is 0 Å². The molecule has 0 spiro atoms. The van der Waals surface area contributed by atoms with Crippen LogP contribution >= 0.6 is 0 Å². The molecule has 50 heavy (non-hydrogen) atoms. The van der Waals surface area contributed by atoms with E-state index in [0.717, 1.165) is 84.7 Å². The molecule has 7 fully saturated rings. The van der Waals surface area contributed by atoms with Gasteiger partial charge in [0.1, 0.15) is 0 Å². The van der Waals surface area contributed by atoms with Gasteiger partial charge in [-0.25, -0.2) is 0 Å². The van der Waals surface area contributed by atoms with Crippen LogP contribution in [-0.4, -0.2) is 65.5 Å². The maximum absolute atomic E-state index is 6.90. The highest BCUT2D eigenvalue weighted by molar-refractivity contribution is 6.65. The van der Waals surface area contributed by atoms with E-state index in [1.165, 1.54) is 89.9 Å². The first kappa shape index (κ1) is 38.2. The zero-order chi connectivity index (χ0) is 36.1. The summed E-state index contributed by atoms with van der Waals surface area (Å²) in [4.78, 5) is 6.66. The third kappa shape index (κ3) is 7.11. The van der Waals surface area contributed by atoms with Crippen LogP contribution in [0.3, 0.4) is 0 Å². The molecule has 286 valence electrons. The molecule has 3 aliphatic heterocycles. The Morgan fingerprint density at radius 2 is 0.900 bits per heavy atom. The molecule has 7 rings (SSSR count). The molecular formula is C46H83BN2O. The lowest BCUT2D eigenvalue weighted by Crippen LogP contribution is -2.75. The molecule has 0 aromatic heterocycles.